The van der Waals surface area contributed by atoms with Crippen LogP contribution in [0.1, 0.15) is 68.1 Å². The van der Waals surface area contributed by atoms with E-state index in [1.54, 1.807) is 0 Å². The van der Waals surface area contributed by atoms with Crippen LogP contribution in [0.5, 0.6) is 0 Å². The smallest absolute Gasteiger partial charge is 0.231 e. The Morgan fingerprint density at radius 2 is 1.96 bits per heavy atom. The Balaban J connectivity index is 1.74. The molecule has 1 aromatic carbocycles. The summed E-state index contributed by atoms with van der Waals surface area (Å²) in [5.74, 6) is 2.57. The highest BCUT2D eigenvalue weighted by atomic mass is 35.5. The summed E-state index contributed by atoms with van der Waals surface area (Å²) in [4.78, 5) is 7.27. The van der Waals surface area contributed by atoms with Gasteiger partial charge < -0.3 is 4.52 Å². The first-order valence-electron chi connectivity index (χ1n) is 8.85. The van der Waals surface area contributed by atoms with Crippen LogP contribution in [0.4, 0.5) is 0 Å². The van der Waals surface area contributed by atoms with Gasteiger partial charge in [0, 0.05) is 23.0 Å². The molecule has 2 aliphatic rings. The van der Waals surface area contributed by atoms with Crippen LogP contribution in [0.2, 0.25) is 5.02 Å². The number of hydrogen-bond donors (Lipinski definition) is 0. The molecule has 2 bridgehead atoms. The number of benzene rings is 1. The molecule has 0 amide bonds. The first-order valence-corrected chi connectivity index (χ1v) is 9.23. The second kappa shape index (κ2) is 6.16. The van der Waals surface area contributed by atoms with Crippen molar-refractivity contribution in [1.82, 2.24) is 15.0 Å². The highest BCUT2D eigenvalue weighted by Gasteiger charge is 2.48. The maximum absolute atomic E-state index is 6.09. The van der Waals surface area contributed by atoms with Crippen molar-refractivity contribution in [2.45, 2.75) is 62.9 Å². The van der Waals surface area contributed by atoms with Gasteiger partial charge in [0.15, 0.2) is 5.82 Å². The average Bonchev–Trinajstić information content (AvgIpc) is 3.12. The molecule has 0 N–H and O–H groups in total. The summed E-state index contributed by atoms with van der Waals surface area (Å²) in [7, 11) is 2.24. The normalized spacial score (nSPS) is 30.2. The Bertz CT molecular complexity index is 712. The quantitative estimate of drug-likeness (QED) is 0.816. The summed E-state index contributed by atoms with van der Waals surface area (Å²) in [6.07, 6.45) is 3.60. The van der Waals surface area contributed by atoms with E-state index in [1.807, 2.05) is 12.1 Å². The highest BCUT2D eigenvalue weighted by molar-refractivity contribution is 6.30. The van der Waals surface area contributed by atoms with Crippen LogP contribution in [0.25, 0.3) is 0 Å². The first-order chi connectivity index (χ1) is 11.5. The maximum atomic E-state index is 6.09. The van der Waals surface area contributed by atoms with E-state index in [0.29, 0.717) is 18.0 Å². The minimum atomic E-state index is 0.259. The molecular weight excluding hydrogens is 322 g/mol. The van der Waals surface area contributed by atoms with Gasteiger partial charge in [0.25, 0.3) is 0 Å². The zero-order valence-electron chi connectivity index (χ0n) is 14.4. The molecule has 0 spiro atoms. The maximum Gasteiger partial charge on any atom is 0.231 e. The molecular formula is C19H24ClN3O. The molecule has 4 atom stereocenters. The van der Waals surface area contributed by atoms with Crippen molar-refractivity contribution in [3.63, 3.8) is 0 Å². The number of piperidine rings is 1. The van der Waals surface area contributed by atoms with Gasteiger partial charge in [-0.1, -0.05) is 42.7 Å². The van der Waals surface area contributed by atoms with E-state index in [9.17, 15) is 0 Å². The van der Waals surface area contributed by atoms with Gasteiger partial charge >= 0.3 is 0 Å². The standard InChI is InChI=1S/C19H24ClN3O/c1-11(2)18-21-19(24-22-18)17-15(12-4-6-13(20)7-5-12)10-14-8-9-16(17)23(14)3/h4-7,11,14-17H,8-10H2,1-3H3/t14?,15-,16?,17?/m1/s1. The van der Waals surface area contributed by atoms with E-state index < -0.39 is 0 Å². The minimum absolute atomic E-state index is 0.259. The van der Waals surface area contributed by atoms with Crippen molar-refractivity contribution in [2.75, 3.05) is 7.05 Å². The van der Waals surface area contributed by atoms with E-state index in [2.05, 4.69) is 43.1 Å². The summed E-state index contributed by atoms with van der Waals surface area (Å²) < 4.78 is 5.73. The SMILES string of the molecule is CC(C)c1noc(C2C3CCC(C[C@@H]2c2ccc(Cl)cc2)N3C)n1. The predicted molar refractivity (Wildman–Crippen MR) is 94.5 cm³/mol. The van der Waals surface area contributed by atoms with E-state index in [1.165, 1.54) is 18.4 Å². The van der Waals surface area contributed by atoms with Crippen molar-refractivity contribution in [1.29, 1.82) is 0 Å². The van der Waals surface area contributed by atoms with Gasteiger partial charge in [-0.25, -0.2) is 0 Å². The fraction of sp³-hybridized carbons (Fsp3) is 0.579. The van der Waals surface area contributed by atoms with Crippen molar-refractivity contribution in [3.05, 3.63) is 46.6 Å². The Morgan fingerprint density at radius 1 is 1.21 bits per heavy atom. The van der Waals surface area contributed by atoms with Crippen LogP contribution in [-0.4, -0.2) is 34.2 Å². The van der Waals surface area contributed by atoms with Gasteiger partial charge in [-0.2, -0.15) is 4.98 Å². The molecule has 24 heavy (non-hydrogen) atoms. The lowest BCUT2D eigenvalue weighted by molar-refractivity contribution is 0.120. The monoisotopic (exact) mass is 345 g/mol. The van der Waals surface area contributed by atoms with Gasteiger partial charge in [-0.05, 0) is 49.9 Å². The van der Waals surface area contributed by atoms with E-state index in [-0.39, 0.29) is 11.8 Å². The van der Waals surface area contributed by atoms with Crippen LogP contribution < -0.4 is 0 Å². The van der Waals surface area contributed by atoms with Crippen LogP contribution >= 0.6 is 11.6 Å². The summed E-state index contributed by atoms with van der Waals surface area (Å²) in [6, 6.07) is 9.42. The Morgan fingerprint density at radius 3 is 2.62 bits per heavy atom. The molecule has 4 nitrogen and oxygen atoms in total. The number of nitrogens with zero attached hydrogens (tertiary/aromatic N) is 3. The topological polar surface area (TPSA) is 42.2 Å². The molecule has 5 heteroatoms. The number of hydrogen-bond acceptors (Lipinski definition) is 4. The number of likely N-dealkylation sites (N-methyl/N-ethyl adjacent to an activating group) is 1. The number of halogens is 1. The van der Waals surface area contributed by atoms with Crippen LogP contribution in [-0.2, 0) is 0 Å². The van der Waals surface area contributed by atoms with Gasteiger partial charge in [0.1, 0.15) is 0 Å². The second-order valence-corrected chi connectivity index (χ2v) is 7.97. The number of rotatable bonds is 3. The predicted octanol–water partition coefficient (Wildman–Crippen LogP) is 4.58. The molecule has 2 aromatic rings. The minimum Gasteiger partial charge on any atom is -0.339 e. The van der Waals surface area contributed by atoms with E-state index >= 15 is 0 Å². The summed E-state index contributed by atoms with van der Waals surface area (Å²) in [5, 5.41) is 5.00. The van der Waals surface area contributed by atoms with Crippen molar-refractivity contribution in [2.24, 2.45) is 0 Å². The fourth-order valence-electron chi connectivity index (χ4n) is 4.47. The lowest BCUT2D eigenvalue weighted by atomic mass is 9.76. The van der Waals surface area contributed by atoms with E-state index in [0.717, 1.165) is 23.2 Å². The third-order valence-electron chi connectivity index (χ3n) is 5.83. The largest absolute Gasteiger partial charge is 0.339 e. The first kappa shape index (κ1) is 16.1. The molecule has 0 saturated carbocycles. The number of fused-ring (bicyclic) bond motifs is 2. The zero-order valence-corrected chi connectivity index (χ0v) is 15.2. The third kappa shape index (κ3) is 2.66. The van der Waals surface area contributed by atoms with Crippen molar-refractivity contribution in [3.8, 4) is 0 Å². The zero-order chi connectivity index (χ0) is 16.8. The van der Waals surface area contributed by atoms with Gasteiger partial charge in [0.05, 0.1) is 5.92 Å². The molecule has 3 unspecified atom stereocenters. The summed E-state index contributed by atoms with van der Waals surface area (Å²) in [5.41, 5.74) is 1.33. The highest BCUT2D eigenvalue weighted by Crippen LogP contribution is 2.50. The lowest BCUT2D eigenvalue weighted by Gasteiger charge is -2.41. The summed E-state index contributed by atoms with van der Waals surface area (Å²) in [6.45, 7) is 4.20. The Kier molecular flexibility index (Phi) is 4.13. The van der Waals surface area contributed by atoms with E-state index in [4.69, 9.17) is 21.1 Å². The van der Waals surface area contributed by atoms with Crippen molar-refractivity contribution < 1.29 is 4.52 Å². The molecule has 2 saturated heterocycles. The molecule has 4 rings (SSSR count). The average molecular weight is 346 g/mol. The third-order valence-corrected chi connectivity index (χ3v) is 6.08. The van der Waals surface area contributed by atoms with Gasteiger partial charge in [-0.3, -0.25) is 4.90 Å². The number of aromatic nitrogens is 2. The lowest BCUT2D eigenvalue weighted by Crippen LogP contribution is -2.44. The van der Waals surface area contributed by atoms with Crippen molar-refractivity contribution >= 4 is 11.6 Å². The Labute approximate surface area is 148 Å². The Hall–Kier alpha value is -1.39. The fourth-order valence-corrected chi connectivity index (χ4v) is 4.60. The molecule has 2 fully saturated rings. The van der Waals surface area contributed by atoms with Crippen LogP contribution in [0.15, 0.2) is 28.8 Å². The van der Waals surface area contributed by atoms with Crippen LogP contribution in [0, 0.1) is 0 Å². The molecule has 0 aliphatic carbocycles. The van der Waals surface area contributed by atoms with Crippen LogP contribution in [0.3, 0.4) is 0 Å². The second-order valence-electron chi connectivity index (χ2n) is 7.53. The van der Waals surface area contributed by atoms with Gasteiger partial charge in [-0.15, -0.1) is 0 Å². The summed E-state index contributed by atoms with van der Waals surface area (Å²) >= 11 is 6.09. The molecule has 0 radical (unpaired) electrons. The molecule has 128 valence electrons. The molecule has 2 aliphatic heterocycles. The molecule has 1 aromatic heterocycles. The molecule has 3 heterocycles. The van der Waals surface area contributed by atoms with Gasteiger partial charge in [0.2, 0.25) is 5.89 Å².